The summed E-state index contributed by atoms with van der Waals surface area (Å²) in [7, 11) is -4.67. The van der Waals surface area contributed by atoms with Crippen molar-refractivity contribution in [1.82, 2.24) is 0 Å². The second-order valence-corrected chi connectivity index (χ2v) is 10.3. The van der Waals surface area contributed by atoms with Crippen molar-refractivity contribution in [2.75, 3.05) is 13.2 Å². The smallest absolute Gasteiger partial charge is 0.381 e. The van der Waals surface area contributed by atoms with E-state index in [0.29, 0.717) is 0 Å². The van der Waals surface area contributed by atoms with Crippen LogP contribution < -0.4 is 0 Å². The van der Waals surface area contributed by atoms with Crippen molar-refractivity contribution in [3.05, 3.63) is 0 Å². The molecular formula is C24H52O5S. The van der Waals surface area contributed by atoms with Crippen molar-refractivity contribution in [3.8, 4) is 0 Å². The van der Waals surface area contributed by atoms with Crippen LogP contribution >= 0.6 is 0 Å². The lowest BCUT2D eigenvalue weighted by molar-refractivity contribution is 0.125. The standard InChI is InChI=1S/C24H50O.H2O4S/c1-23(2)19-15-11-7-5-9-13-17-21-25-22-18-14-10-6-8-12-16-20-24(3)4;1-5(2,3)4/h23-24H,5-22H2,1-4H3;(H2,1,2,3,4). The number of unbranched alkanes of at least 4 members (excludes halogenated alkanes) is 12. The molecule has 0 radical (unpaired) electrons. The first-order valence-electron chi connectivity index (χ1n) is 12.4. The molecule has 0 saturated carbocycles. The Labute approximate surface area is 188 Å². The third-order valence-corrected chi connectivity index (χ3v) is 5.14. The second-order valence-electron chi connectivity index (χ2n) is 9.37. The fourth-order valence-corrected chi connectivity index (χ4v) is 3.38. The summed E-state index contributed by atoms with van der Waals surface area (Å²) in [6, 6.07) is 0. The van der Waals surface area contributed by atoms with Gasteiger partial charge in [0.25, 0.3) is 0 Å². The molecule has 0 fully saturated rings. The molecule has 0 aromatic heterocycles. The van der Waals surface area contributed by atoms with Crippen LogP contribution in [0.3, 0.4) is 0 Å². The number of rotatable bonds is 20. The van der Waals surface area contributed by atoms with Crippen molar-refractivity contribution < 1.29 is 22.3 Å². The Morgan fingerprint density at radius 3 is 1.03 bits per heavy atom. The van der Waals surface area contributed by atoms with E-state index in [1.165, 1.54) is 103 Å². The molecule has 6 heteroatoms. The highest BCUT2D eigenvalue weighted by Gasteiger charge is 1.97. The van der Waals surface area contributed by atoms with E-state index in [1.807, 2.05) is 0 Å². The second kappa shape index (κ2) is 23.5. The zero-order valence-corrected chi connectivity index (χ0v) is 21.2. The SMILES string of the molecule is CC(C)CCCCCCCCCOCCCCCCCCCC(C)C.O=S(=O)(O)O. The van der Waals surface area contributed by atoms with Gasteiger partial charge in [-0.1, -0.05) is 118 Å². The fraction of sp³-hybridized carbons (Fsp3) is 1.00. The largest absolute Gasteiger partial charge is 0.394 e. The Morgan fingerprint density at radius 1 is 0.533 bits per heavy atom. The Morgan fingerprint density at radius 2 is 0.767 bits per heavy atom. The van der Waals surface area contributed by atoms with Gasteiger partial charge in [-0.05, 0) is 24.7 Å². The highest BCUT2D eigenvalue weighted by atomic mass is 32.3. The highest BCUT2D eigenvalue weighted by Crippen LogP contribution is 2.13. The fourth-order valence-electron chi connectivity index (χ4n) is 3.38. The van der Waals surface area contributed by atoms with Crippen molar-refractivity contribution >= 4 is 10.4 Å². The average Bonchev–Trinajstić information content (AvgIpc) is 2.61. The number of ether oxygens (including phenoxy) is 1. The molecule has 0 atom stereocenters. The van der Waals surface area contributed by atoms with Crippen LogP contribution in [0.1, 0.15) is 130 Å². The Balaban J connectivity index is 0. The van der Waals surface area contributed by atoms with Gasteiger partial charge >= 0.3 is 10.4 Å². The van der Waals surface area contributed by atoms with Crippen LogP contribution in [0.4, 0.5) is 0 Å². The summed E-state index contributed by atoms with van der Waals surface area (Å²) in [5.41, 5.74) is 0. The molecule has 0 spiro atoms. The molecule has 0 aromatic rings. The van der Waals surface area contributed by atoms with Gasteiger partial charge in [-0.3, -0.25) is 9.11 Å². The van der Waals surface area contributed by atoms with Crippen molar-refractivity contribution in [2.45, 2.75) is 130 Å². The van der Waals surface area contributed by atoms with Gasteiger partial charge in [0, 0.05) is 13.2 Å². The molecule has 184 valence electrons. The number of hydrogen-bond donors (Lipinski definition) is 2. The van der Waals surface area contributed by atoms with Crippen LogP contribution in [0.15, 0.2) is 0 Å². The first kappa shape index (κ1) is 32.0. The lowest BCUT2D eigenvalue weighted by atomic mass is 10.0. The maximum absolute atomic E-state index is 8.74. The maximum Gasteiger partial charge on any atom is 0.394 e. The Hall–Kier alpha value is -0.170. The van der Waals surface area contributed by atoms with E-state index in [1.54, 1.807) is 0 Å². The van der Waals surface area contributed by atoms with E-state index in [4.69, 9.17) is 22.3 Å². The minimum atomic E-state index is -4.67. The molecular weight excluding hydrogens is 400 g/mol. The molecule has 0 amide bonds. The van der Waals surface area contributed by atoms with E-state index < -0.39 is 10.4 Å². The van der Waals surface area contributed by atoms with Gasteiger partial charge in [0.1, 0.15) is 0 Å². The van der Waals surface area contributed by atoms with Crippen LogP contribution in [-0.2, 0) is 15.1 Å². The summed E-state index contributed by atoms with van der Waals surface area (Å²) in [6.45, 7) is 11.3. The van der Waals surface area contributed by atoms with Crippen LogP contribution in [0, 0.1) is 11.8 Å². The first-order valence-corrected chi connectivity index (χ1v) is 13.8. The van der Waals surface area contributed by atoms with E-state index >= 15 is 0 Å². The summed E-state index contributed by atoms with van der Waals surface area (Å²) < 4.78 is 37.4. The molecule has 0 saturated heterocycles. The zero-order valence-electron chi connectivity index (χ0n) is 20.4. The van der Waals surface area contributed by atoms with Crippen molar-refractivity contribution in [2.24, 2.45) is 11.8 Å². The van der Waals surface area contributed by atoms with E-state index in [-0.39, 0.29) is 0 Å². The Bertz CT molecular complexity index is 389. The van der Waals surface area contributed by atoms with Gasteiger partial charge in [-0.15, -0.1) is 0 Å². The quantitative estimate of drug-likeness (QED) is 0.145. The minimum Gasteiger partial charge on any atom is -0.381 e. The molecule has 30 heavy (non-hydrogen) atoms. The molecule has 0 unspecified atom stereocenters. The Kier molecular flexibility index (Phi) is 25.1. The number of hydrogen-bond acceptors (Lipinski definition) is 3. The lowest BCUT2D eigenvalue weighted by Crippen LogP contribution is -1.97. The molecule has 0 heterocycles. The normalized spacial score (nSPS) is 11.7. The molecule has 5 nitrogen and oxygen atoms in total. The summed E-state index contributed by atoms with van der Waals surface area (Å²) in [4.78, 5) is 0. The molecule has 0 bridgehead atoms. The van der Waals surface area contributed by atoms with Crippen LogP contribution in [0.25, 0.3) is 0 Å². The summed E-state index contributed by atoms with van der Waals surface area (Å²) in [5.74, 6) is 1.76. The van der Waals surface area contributed by atoms with E-state index in [9.17, 15) is 0 Å². The van der Waals surface area contributed by atoms with E-state index in [2.05, 4.69) is 27.7 Å². The molecule has 0 aliphatic rings. The zero-order chi connectivity index (χ0) is 23.1. The van der Waals surface area contributed by atoms with E-state index in [0.717, 1.165) is 25.0 Å². The predicted molar refractivity (Wildman–Crippen MR) is 129 cm³/mol. The lowest BCUT2D eigenvalue weighted by Gasteiger charge is -2.06. The minimum absolute atomic E-state index is 0.881. The third kappa shape index (κ3) is 42.0. The molecule has 0 aromatic carbocycles. The predicted octanol–water partition coefficient (Wildman–Crippen LogP) is 7.90. The van der Waals surface area contributed by atoms with Crippen LogP contribution in [-0.4, -0.2) is 30.7 Å². The molecule has 2 N–H and O–H groups in total. The maximum atomic E-state index is 8.74. The van der Waals surface area contributed by atoms with Crippen LogP contribution in [0.5, 0.6) is 0 Å². The van der Waals surface area contributed by atoms with Gasteiger partial charge in [0.15, 0.2) is 0 Å². The summed E-state index contributed by atoms with van der Waals surface area (Å²) >= 11 is 0. The summed E-state index contributed by atoms with van der Waals surface area (Å²) in [5, 5.41) is 0. The molecule has 0 aliphatic heterocycles. The van der Waals surface area contributed by atoms with Crippen molar-refractivity contribution in [3.63, 3.8) is 0 Å². The highest BCUT2D eigenvalue weighted by molar-refractivity contribution is 7.79. The summed E-state index contributed by atoms with van der Waals surface area (Å²) in [6.07, 6.45) is 22.3. The van der Waals surface area contributed by atoms with Gasteiger partial charge in [-0.25, -0.2) is 0 Å². The van der Waals surface area contributed by atoms with Gasteiger partial charge in [0.2, 0.25) is 0 Å². The third-order valence-electron chi connectivity index (χ3n) is 5.14. The van der Waals surface area contributed by atoms with Crippen LogP contribution in [0.2, 0.25) is 0 Å². The first-order chi connectivity index (χ1) is 14.1. The van der Waals surface area contributed by atoms with Gasteiger partial charge in [-0.2, -0.15) is 8.42 Å². The molecule has 0 rings (SSSR count). The molecule has 0 aliphatic carbocycles. The monoisotopic (exact) mass is 452 g/mol. The van der Waals surface area contributed by atoms with Gasteiger partial charge < -0.3 is 4.74 Å². The average molecular weight is 453 g/mol. The van der Waals surface area contributed by atoms with Gasteiger partial charge in [0.05, 0.1) is 0 Å². The topological polar surface area (TPSA) is 83.8 Å². The van der Waals surface area contributed by atoms with Crippen molar-refractivity contribution in [1.29, 1.82) is 0 Å².